The molecule has 1 aromatic rings. The monoisotopic (exact) mass is 204 g/mol. The molecular weight excluding hydrogens is 188 g/mol. The van der Waals surface area contributed by atoms with Crippen LogP contribution in [-0.4, -0.2) is 6.61 Å². The van der Waals surface area contributed by atoms with Crippen molar-refractivity contribution in [1.29, 1.82) is 5.26 Å². The molecular formula is C12H16N2O. The summed E-state index contributed by atoms with van der Waals surface area (Å²) < 4.78 is 5.62. The summed E-state index contributed by atoms with van der Waals surface area (Å²) in [5.41, 5.74) is 8.56. The lowest BCUT2D eigenvalue weighted by Gasteiger charge is -2.12. The second kappa shape index (κ2) is 5.26. The number of benzene rings is 1. The van der Waals surface area contributed by atoms with E-state index < -0.39 is 0 Å². The predicted molar refractivity (Wildman–Crippen MR) is 60.7 cm³/mol. The minimum absolute atomic E-state index is 0.535. The normalized spacial score (nSPS) is 9.67. The van der Waals surface area contributed by atoms with Crippen molar-refractivity contribution >= 4 is 5.69 Å². The van der Waals surface area contributed by atoms with E-state index in [1.165, 1.54) is 0 Å². The minimum atomic E-state index is 0.535. The Labute approximate surface area is 90.5 Å². The summed E-state index contributed by atoms with van der Waals surface area (Å²) in [6.07, 6.45) is 1.30. The van der Waals surface area contributed by atoms with Crippen molar-refractivity contribution < 1.29 is 4.74 Å². The number of anilines is 1. The number of nitrogens with zero attached hydrogens (tertiary/aromatic N) is 1. The van der Waals surface area contributed by atoms with Crippen LogP contribution in [0, 0.1) is 25.2 Å². The molecule has 0 aliphatic carbocycles. The Kier molecular flexibility index (Phi) is 3.99. The molecule has 15 heavy (non-hydrogen) atoms. The molecule has 0 bridgehead atoms. The zero-order valence-corrected chi connectivity index (χ0v) is 9.21. The van der Waals surface area contributed by atoms with Crippen LogP contribution in [-0.2, 0) is 0 Å². The van der Waals surface area contributed by atoms with Gasteiger partial charge >= 0.3 is 0 Å². The first kappa shape index (κ1) is 11.4. The standard InChI is InChI=1S/C12H16N2O/c1-9-7-11(14)8-10(2)12(9)15-6-4-3-5-13/h7-8H,3-4,6,14H2,1-2H3. The Morgan fingerprint density at radius 2 is 1.93 bits per heavy atom. The molecule has 0 fully saturated rings. The van der Waals surface area contributed by atoms with Crippen molar-refractivity contribution in [2.45, 2.75) is 26.7 Å². The molecule has 0 aliphatic heterocycles. The number of nitrogen functional groups attached to an aromatic ring is 1. The van der Waals surface area contributed by atoms with Crippen LogP contribution in [0.4, 0.5) is 5.69 Å². The summed E-state index contributed by atoms with van der Waals surface area (Å²) in [6, 6.07) is 5.88. The van der Waals surface area contributed by atoms with Crippen molar-refractivity contribution in [3.8, 4) is 11.8 Å². The molecule has 80 valence electrons. The third-order valence-corrected chi connectivity index (χ3v) is 2.16. The van der Waals surface area contributed by atoms with E-state index in [0.717, 1.165) is 29.0 Å². The maximum absolute atomic E-state index is 8.39. The molecule has 0 aliphatic rings. The van der Waals surface area contributed by atoms with Gasteiger partial charge in [-0.15, -0.1) is 0 Å². The van der Waals surface area contributed by atoms with Gasteiger partial charge in [0.2, 0.25) is 0 Å². The van der Waals surface area contributed by atoms with Crippen LogP contribution >= 0.6 is 0 Å². The molecule has 1 aromatic carbocycles. The number of aryl methyl sites for hydroxylation is 2. The maximum atomic E-state index is 8.39. The third kappa shape index (κ3) is 3.17. The van der Waals surface area contributed by atoms with Gasteiger partial charge in [-0.25, -0.2) is 0 Å². The number of nitrogens with two attached hydrogens (primary N) is 1. The van der Waals surface area contributed by atoms with Gasteiger partial charge in [-0.05, 0) is 43.5 Å². The Morgan fingerprint density at radius 1 is 1.33 bits per heavy atom. The van der Waals surface area contributed by atoms with Gasteiger partial charge in [-0.3, -0.25) is 0 Å². The molecule has 0 radical (unpaired) electrons. The lowest BCUT2D eigenvalue weighted by Crippen LogP contribution is -2.01. The molecule has 0 atom stereocenters. The molecule has 3 nitrogen and oxygen atoms in total. The molecule has 3 heteroatoms. The first-order chi connectivity index (χ1) is 7.15. The van der Waals surface area contributed by atoms with E-state index in [4.69, 9.17) is 15.7 Å². The summed E-state index contributed by atoms with van der Waals surface area (Å²) >= 11 is 0. The molecule has 2 N–H and O–H groups in total. The zero-order valence-electron chi connectivity index (χ0n) is 9.21. The van der Waals surface area contributed by atoms with E-state index >= 15 is 0 Å². The fraction of sp³-hybridized carbons (Fsp3) is 0.417. The average molecular weight is 204 g/mol. The van der Waals surface area contributed by atoms with E-state index in [0.29, 0.717) is 13.0 Å². The van der Waals surface area contributed by atoms with Gasteiger partial charge in [0.15, 0.2) is 0 Å². The molecule has 0 saturated carbocycles. The highest BCUT2D eigenvalue weighted by Crippen LogP contribution is 2.25. The maximum Gasteiger partial charge on any atom is 0.125 e. The topological polar surface area (TPSA) is 59.0 Å². The van der Waals surface area contributed by atoms with Gasteiger partial charge in [0.05, 0.1) is 12.7 Å². The highest BCUT2D eigenvalue weighted by atomic mass is 16.5. The van der Waals surface area contributed by atoms with E-state index in [1.807, 2.05) is 26.0 Å². The van der Waals surface area contributed by atoms with Gasteiger partial charge in [0, 0.05) is 12.1 Å². The SMILES string of the molecule is Cc1cc(N)cc(C)c1OCCCC#N. The second-order valence-electron chi connectivity index (χ2n) is 3.59. The molecule has 0 heterocycles. The Balaban J connectivity index is 2.65. The van der Waals surface area contributed by atoms with Crippen LogP contribution < -0.4 is 10.5 Å². The second-order valence-corrected chi connectivity index (χ2v) is 3.59. The summed E-state index contributed by atoms with van der Waals surface area (Å²) in [6.45, 7) is 4.53. The lowest BCUT2D eigenvalue weighted by atomic mass is 10.1. The molecule has 0 aromatic heterocycles. The highest BCUT2D eigenvalue weighted by Gasteiger charge is 2.04. The van der Waals surface area contributed by atoms with Crippen LogP contribution in [0.2, 0.25) is 0 Å². The van der Waals surface area contributed by atoms with Crippen molar-refractivity contribution in [3.05, 3.63) is 23.3 Å². The Hall–Kier alpha value is -1.69. The number of unbranched alkanes of at least 4 members (excludes halogenated alkanes) is 1. The zero-order chi connectivity index (χ0) is 11.3. The van der Waals surface area contributed by atoms with Gasteiger partial charge in [-0.2, -0.15) is 5.26 Å². The molecule has 0 amide bonds. The van der Waals surface area contributed by atoms with E-state index in [-0.39, 0.29) is 0 Å². The third-order valence-electron chi connectivity index (χ3n) is 2.16. The van der Waals surface area contributed by atoms with Crippen molar-refractivity contribution in [2.75, 3.05) is 12.3 Å². The van der Waals surface area contributed by atoms with E-state index in [1.54, 1.807) is 0 Å². The smallest absolute Gasteiger partial charge is 0.125 e. The Morgan fingerprint density at radius 3 is 2.47 bits per heavy atom. The summed E-state index contributed by atoms with van der Waals surface area (Å²) in [7, 11) is 0. The van der Waals surface area contributed by atoms with Crippen molar-refractivity contribution in [3.63, 3.8) is 0 Å². The number of ether oxygens (including phenoxy) is 1. The predicted octanol–water partition coefficient (Wildman–Crippen LogP) is 2.57. The van der Waals surface area contributed by atoms with Crippen LogP contribution in [0.3, 0.4) is 0 Å². The van der Waals surface area contributed by atoms with E-state index in [9.17, 15) is 0 Å². The fourth-order valence-electron chi connectivity index (χ4n) is 1.54. The van der Waals surface area contributed by atoms with Crippen LogP contribution in [0.25, 0.3) is 0 Å². The average Bonchev–Trinajstić information content (AvgIpc) is 2.15. The largest absolute Gasteiger partial charge is 0.493 e. The van der Waals surface area contributed by atoms with Gasteiger partial charge in [0.25, 0.3) is 0 Å². The summed E-state index contributed by atoms with van der Waals surface area (Å²) in [5.74, 6) is 0.891. The molecule has 0 unspecified atom stereocenters. The quantitative estimate of drug-likeness (QED) is 0.605. The van der Waals surface area contributed by atoms with Crippen LogP contribution in [0.5, 0.6) is 5.75 Å². The van der Waals surface area contributed by atoms with Crippen LogP contribution in [0.15, 0.2) is 12.1 Å². The first-order valence-electron chi connectivity index (χ1n) is 5.01. The van der Waals surface area contributed by atoms with Gasteiger partial charge in [-0.1, -0.05) is 0 Å². The Bertz CT molecular complexity index is 357. The highest BCUT2D eigenvalue weighted by molar-refractivity contribution is 5.52. The fourth-order valence-corrected chi connectivity index (χ4v) is 1.54. The van der Waals surface area contributed by atoms with Crippen molar-refractivity contribution in [2.24, 2.45) is 0 Å². The number of hydrogen-bond donors (Lipinski definition) is 1. The number of rotatable bonds is 4. The minimum Gasteiger partial charge on any atom is -0.493 e. The number of hydrogen-bond acceptors (Lipinski definition) is 3. The lowest BCUT2D eigenvalue weighted by molar-refractivity contribution is 0.308. The molecule has 1 rings (SSSR count). The molecule has 0 saturated heterocycles. The van der Waals surface area contributed by atoms with Crippen LogP contribution in [0.1, 0.15) is 24.0 Å². The molecule has 0 spiro atoms. The van der Waals surface area contributed by atoms with Crippen molar-refractivity contribution in [1.82, 2.24) is 0 Å². The first-order valence-corrected chi connectivity index (χ1v) is 5.01. The van der Waals surface area contributed by atoms with Gasteiger partial charge < -0.3 is 10.5 Å². The van der Waals surface area contributed by atoms with Gasteiger partial charge in [0.1, 0.15) is 5.75 Å². The van der Waals surface area contributed by atoms with E-state index in [2.05, 4.69) is 6.07 Å². The number of nitriles is 1. The summed E-state index contributed by atoms with van der Waals surface area (Å²) in [5, 5.41) is 8.39. The summed E-state index contributed by atoms with van der Waals surface area (Å²) in [4.78, 5) is 0.